The molecule has 2 unspecified atom stereocenters. The van der Waals surface area contributed by atoms with Crippen LogP contribution < -0.4 is 5.32 Å². The highest BCUT2D eigenvalue weighted by atomic mass is 35.5. The molecule has 1 aromatic carbocycles. The average molecular weight is 298 g/mol. The summed E-state index contributed by atoms with van der Waals surface area (Å²) < 4.78 is 0. The monoisotopic (exact) mass is 297 g/mol. The zero-order valence-electron chi connectivity index (χ0n) is 11.2. The molecule has 1 saturated carbocycles. The largest absolute Gasteiger partial charge is 0.353 e. The number of hydrogen-bond acceptors (Lipinski definition) is 2. The molecule has 1 aliphatic rings. The van der Waals surface area contributed by atoms with Gasteiger partial charge in [-0.3, -0.25) is 4.79 Å². The van der Waals surface area contributed by atoms with Crippen molar-refractivity contribution >= 4 is 29.3 Å². The number of hydrogen-bond donors (Lipinski definition) is 1. The van der Waals surface area contributed by atoms with E-state index in [-0.39, 0.29) is 5.91 Å². The smallest absolute Gasteiger partial charge is 0.230 e. The molecule has 0 radical (unpaired) electrons. The normalized spacial score (nSPS) is 22.4. The van der Waals surface area contributed by atoms with Gasteiger partial charge in [-0.05, 0) is 42.9 Å². The molecule has 1 aromatic rings. The van der Waals surface area contributed by atoms with Gasteiger partial charge >= 0.3 is 0 Å². The molecule has 2 nitrogen and oxygen atoms in total. The van der Waals surface area contributed by atoms with E-state index < -0.39 is 0 Å². The number of nitrogens with one attached hydrogen (secondary N) is 1. The number of rotatable bonds is 5. The molecule has 2 atom stereocenters. The minimum Gasteiger partial charge on any atom is -0.353 e. The van der Waals surface area contributed by atoms with E-state index in [1.54, 1.807) is 11.8 Å². The predicted octanol–water partition coefficient (Wildman–Crippen LogP) is 3.88. The molecule has 104 valence electrons. The van der Waals surface area contributed by atoms with Crippen molar-refractivity contribution in [3.63, 3.8) is 0 Å². The summed E-state index contributed by atoms with van der Waals surface area (Å²) in [5.41, 5.74) is 1.21. The highest BCUT2D eigenvalue weighted by molar-refractivity contribution is 7.99. The molecule has 0 aliphatic heterocycles. The van der Waals surface area contributed by atoms with Crippen LogP contribution in [0.5, 0.6) is 0 Å². The second-order valence-corrected chi connectivity index (χ2v) is 6.72. The van der Waals surface area contributed by atoms with Gasteiger partial charge in [0, 0.05) is 16.8 Å². The molecule has 1 amide bonds. The van der Waals surface area contributed by atoms with Crippen LogP contribution in [-0.4, -0.2) is 17.7 Å². The first-order valence-electron chi connectivity index (χ1n) is 6.75. The molecule has 1 aliphatic carbocycles. The van der Waals surface area contributed by atoms with Gasteiger partial charge in [-0.25, -0.2) is 0 Å². The number of carbonyl (C=O) groups is 1. The average Bonchev–Trinajstić information content (AvgIpc) is 2.77. The summed E-state index contributed by atoms with van der Waals surface area (Å²) in [5.74, 6) is 2.31. The Balaban J connectivity index is 1.65. The summed E-state index contributed by atoms with van der Waals surface area (Å²) >= 11 is 7.48. The minimum absolute atomic E-state index is 0.165. The Bertz CT molecular complexity index is 421. The van der Waals surface area contributed by atoms with E-state index in [0.29, 0.717) is 11.8 Å². The summed E-state index contributed by atoms with van der Waals surface area (Å²) in [6.45, 7) is 2.25. The van der Waals surface area contributed by atoms with E-state index in [4.69, 9.17) is 11.6 Å². The van der Waals surface area contributed by atoms with Crippen molar-refractivity contribution in [3.05, 3.63) is 34.9 Å². The quantitative estimate of drug-likeness (QED) is 0.893. The highest BCUT2D eigenvalue weighted by Gasteiger charge is 2.22. The van der Waals surface area contributed by atoms with E-state index >= 15 is 0 Å². The van der Waals surface area contributed by atoms with Gasteiger partial charge in [0.15, 0.2) is 0 Å². The number of amides is 1. The van der Waals surface area contributed by atoms with Gasteiger partial charge < -0.3 is 5.32 Å². The fraction of sp³-hybridized carbons (Fsp3) is 0.533. The molecule has 1 fully saturated rings. The lowest BCUT2D eigenvalue weighted by Crippen LogP contribution is -2.34. The van der Waals surface area contributed by atoms with Gasteiger partial charge in [-0.15, -0.1) is 11.8 Å². The molecular formula is C15H20ClNOS. The van der Waals surface area contributed by atoms with Crippen LogP contribution in [0.15, 0.2) is 24.3 Å². The molecule has 0 heterocycles. The van der Waals surface area contributed by atoms with E-state index in [2.05, 4.69) is 12.2 Å². The topological polar surface area (TPSA) is 29.1 Å². The Morgan fingerprint density at radius 1 is 1.37 bits per heavy atom. The second-order valence-electron chi connectivity index (χ2n) is 5.30. The van der Waals surface area contributed by atoms with Crippen molar-refractivity contribution in [1.82, 2.24) is 5.32 Å². The number of carbonyl (C=O) groups excluding carboxylic acids is 1. The highest BCUT2D eigenvalue weighted by Crippen LogP contribution is 2.24. The molecule has 4 heteroatoms. The zero-order chi connectivity index (χ0) is 13.7. The summed E-state index contributed by atoms with van der Waals surface area (Å²) in [6, 6.07) is 8.19. The standard InChI is InChI=1S/C15H20ClNOS/c1-11-2-7-14(8-11)17-15(18)10-19-9-12-3-5-13(16)6-4-12/h3-6,11,14H,2,7-10H2,1H3,(H,17,18). The first kappa shape index (κ1) is 14.7. The zero-order valence-corrected chi connectivity index (χ0v) is 12.8. The van der Waals surface area contributed by atoms with Gasteiger partial charge in [0.2, 0.25) is 5.91 Å². The van der Waals surface area contributed by atoms with Crippen molar-refractivity contribution in [2.24, 2.45) is 5.92 Å². The summed E-state index contributed by atoms with van der Waals surface area (Å²) in [7, 11) is 0. The van der Waals surface area contributed by atoms with E-state index in [1.165, 1.54) is 12.0 Å². The van der Waals surface area contributed by atoms with Gasteiger partial charge in [0.1, 0.15) is 0 Å². The third kappa shape index (κ3) is 5.07. The maximum atomic E-state index is 11.8. The summed E-state index contributed by atoms with van der Waals surface area (Å²) in [4.78, 5) is 11.8. The van der Waals surface area contributed by atoms with Gasteiger partial charge in [0.25, 0.3) is 0 Å². The molecule has 0 spiro atoms. The third-order valence-electron chi connectivity index (χ3n) is 3.48. The number of halogens is 1. The lowest BCUT2D eigenvalue weighted by Gasteiger charge is -2.12. The maximum Gasteiger partial charge on any atom is 0.230 e. The Kier molecular flexibility index (Phi) is 5.59. The summed E-state index contributed by atoms with van der Waals surface area (Å²) in [5, 5.41) is 3.88. The Morgan fingerprint density at radius 3 is 2.74 bits per heavy atom. The van der Waals surface area contributed by atoms with Crippen LogP contribution in [0.3, 0.4) is 0 Å². The third-order valence-corrected chi connectivity index (χ3v) is 4.73. The Morgan fingerprint density at radius 2 is 2.11 bits per heavy atom. The van der Waals surface area contributed by atoms with Gasteiger partial charge in [-0.2, -0.15) is 0 Å². The maximum absolute atomic E-state index is 11.8. The fourth-order valence-corrected chi connectivity index (χ4v) is 3.37. The Hall–Kier alpha value is -0.670. The van der Waals surface area contributed by atoms with Crippen LogP contribution in [0.1, 0.15) is 31.7 Å². The van der Waals surface area contributed by atoms with Crippen LogP contribution >= 0.6 is 23.4 Å². The SMILES string of the molecule is CC1CCC(NC(=O)CSCc2ccc(Cl)cc2)C1. The van der Waals surface area contributed by atoms with Crippen molar-refractivity contribution in [2.75, 3.05) is 5.75 Å². The van der Waals surface area contributed by atoms with Crippen LogP contribution in [0, 0.1) is 5.92 Å². The number of benzene rings is 1. The fourth-order valence-electron chi connectivity index (χ4n) is 2.45. The van der Waals surface area contributed by atoms with E-state index in [1.807, 2.05) is 24.3 Å². The van der Waals surface area contributed by atoms with Crippen LogP contribution in [0.25, 0.3) is 0 Å². The second kappa shape index (κ2) is 7.20. The molecule has 0 saturated heterocycles. The van der Waals surface area contributed by atoms with E-state index in [0.717, 1.165) is 29.5 Å². The minimum atomic E-state index is 0.165. The van der Waals surface area contributed by atoms with Crippen molar-refractivity contribution < 1.29 is 4.79 Å². The van der Waals surface area contributed by atoms with Crippen LogP contribution in [0.2, 0.25) is 5.02 Å². The van der Waals surface area contributed by atoms with E-state index in [9.17, 15) is 4.79 Å². The first-order valence-corrected chi connectivity index (χ1v) is 8.28. The molecular weight excluding hydrogens is 278 g/mol. The molecule has 1 N–H and O–H groups in total. The summed E-state index contributed by atoms with van der Waals surface area (Å²) in [6.07, 6.45) is 3.51. The van der Waals surface area contributed by atoms with Crippen molar-refractivity contribution in [2.45, 2.75) is 38.0 Å². The molecule has 2 rings (SSSR count). The molecule has 0 bridgehead atoms. The number of thioether (sulfide) groups is 1. The molecule has 0 aromatic heterocycles. The molecule has 19 heavy (non-hydrogen) atoms. The van der Waals surface area contributed by atoms with Crippen molar-refractivity contribution in [3.8, 4) is 0 Å². The first-order chi connectivity index (χ1) is 9.13. The Labute approximate surface area is 124 Å². The van der Waals surface area contributed by atoms with Gasteiger partial charge in [0.05, 0.1) is 5.75 Å². The predicted molar refractivity (Wildman–Crippen MR) is 82.6 cm³/mol. The van der Waals surface area contributed by atoms with Crippen molar-refractivity contribution in [1.29, 1.82) is 0 Å². The van der Waals surface area contributed by atoms with Crippen LogP contribution in [-0.2, 0) is 10.5 Å². The lowest BCUT2D eigenvalue weighted by atomic mass is 10.1. The van der Waals surface area contributed by atoms with Crippen LogP contribution in [0.4, 0.5) is 0 Å². The van der Waals surface area contributed by atoms with Gasteiger partial charge in [-0.1, -0.05) is 30.7 Å². The lowest BCUT2D eigenvalue weighted by molar-refractivity contribution is -0.119.